The predicted octanol–water partition coefficient (Wildman–Crippen LogP) is 1.55. The zero-order valence-electron chi connectivity index (χ0n) is 11.1. The second-order valence-electron chi connectivity index (χ2n) is 5.41. The molecule has 1 aliphatic carbocycles. The minimum atomic E-state index is 0.0264. The zero-order chi connectivity index (χ0) is 13.0. The van der Waals surface area contributed by atoms with Crippen LogP contribution in [0.5, 0.6) is 0 Å². The summed E-state index contributed by atoms with van der Waals surface area (Å²) in [6, 6.07) is 3.19. The van der Waals surface area contributed by atoms with Gasteiger partial charge in [0.05, 0.1) is 0 Å². The van der Waals surface area contributed by atoms with Crippen molar-refractivity contribution in [3.63, 3.8) is 0 Å². The summed E-state index contributed by atoms with van der Waals surface area (Å²) >= 11 is 0. The molecular weight excluding hydrogens is 226 g/mol. The number of pyridine rings is 1. The maximum absolute atomic E-state index is 11.6. The minimum absolute atomic E-state index is 0.0264. The van der Waals surface area contributed by atoms with Crippen molar-refractivity contribution in [3.8, 4) is 0 Å². The van der Waals surface area contributed by atoms with Gasteiger partial charge in [0, 0.05) is 37.6 Å². The highest BCUT2D eigenvalue weighted by atomic mass is 16.1. The molecule has 0 amide bonds. The van der Waals surface area contributed by atoms with Crippen LogP contribution in [0.1, 0.15) is 25.7 Å². The lowest BCUT2D eigenvalue weighted by Crippen LogP contribution is -2.31. The van der Waals surface area contributed by atoms with Crippen molar-refractivity contribution in [3.05, 3.63) is 28.7 Å². The average Bonchev–Trinajstić information content (AvgIpc) is 2.83. The van der Waals surface area contributed by atoms with Crippen LogP contribution in [0.15, 0.2) is 23.1 Å². The normalized spacial score (nSPS) is 16.6. The van der Waals surface area contributed by atoms with E-state index in [0.717, 1.165) is 19.0 Å². The quantitative estimate of drug-likeness (QED) is 0.861. The summed E-state index contributed by atoms with van der Waals surface area (Å²) in [7, 11) is 2.13. The van der Waals surface area contributed by atoms with Crippen LogP contribution in [0.2, 0.25) is 0 Å². The van der Waals surface area contributed by atoms with E-state index in [1.165, 1.54) is 31.7 Å². The van der Waals surface area contributed by atoms with E-state index in [2.05, 4.69) is 11.9 Å². The molecule has 1 aromatic rings. The monoisotopic (exact) mass is 249 g/mol. The Labute approximate surface area is 108 Å². The van der Waals surface area contributed by atoms with Gasteiger partial charge in [0.1, 0.15) is 0 Å². The van der Waals surface area contributed by atoms with Crippen LogP contribution >= 0.6 is 0 Å². The van der Waals surface area contributed by atoms with Gasteiger partial charge in [0.2, 0.25) is 0 Å². The van der Waals surface area contributed by atoms with Gasteiger partial charge in [-0.3, -0.25) is 4.79 Å². The molecule has 1 aromatic heterocycles. The second-order valence-corrected chi connectivity index (χ2v) is 5.41. The van der Waals surface area contributed by atoms with Crippen LogP contribution in [0.3, 0.4) is 0 Å². The van der Waals surface area contributed by atoms with Gasteiger partial charge in [0.15, 0.2) is 0 Å². The Morgan fingerprint density at radius 3 is 2.83 bits per heavy atom. The van der Waals surface area contributed by atoms with Crippen LogP contribution < -0.4 is 11.3 Å². The molecule has 1 heterocycles. The largest absolute Gasteiger partial charge is 0.398 e. The fourth-order valence-corrected chi connectivity index (χ4v) is 2.73. The zero-order valence-corrected chi connectivity index (χ0v) is 11.1. The van der Waals surface area contributed by atoms with Gasteiger partial charge in [-0.15, -0.1) is 0 Å². The van der Waals surface area contributed by atoms with E-state index in [-0.39, 0.29) is 5.56 Å². The van der Waals surface area contributed by atoms with Crippen LogP contribution in [0.4, 0.5) is 5.69 Å². The van der Waals surface area contributed by atoms with E-state index in [1.807, 2.05) is 0 Å². The van der Waals surface area contributed by atoms with E-state index < -0.39 is 0 Å². The maximum atomic E-state index is 11.6. The number of aromatic nitrogens is 1. The molecule has 0 spiro atoms. The summed E-state index contributed by atoms with van der Waals surface area (Å²) in [6.45, 7) is 2.77. The Balaban J connectivity index is 1.82. The average molecular weight is 249 g/mol. The summed E-state index contributed by atoms with van der Waals surface area (Å²) < 4.78 is 1.69. The number of anilines is 1. The molecule has 2 N–H and O–H groups in total. The van der Waals surface area contributed by atoms with Crippen LogP contribution in [0.25, 0.3) is 0 Å². The Kier molecular flexibility index (Phi) is 4.42. The van der Waals surface area contributed by atoms with Crippen molar-refractivity contribution in [2.45, 2.75) is 32.2 Å². The number of rotatable bonds is 5. The smallest absolute Gasteiger partial charge is 0.250 e. The molecule has 100 valence electrons. The summed E-state index contributed by atoms with van der Waals surface area (Å²) in [4.78, 5) is 13.9. The van der Waals surface area contributed by atoms with Crippen LogP contribution in [-0.2, 0) is 6.54 Å². The van der Waals surface area contributed by atoms with Crippen molar-refractivity contribution in [2.75, 3.05) is 25.9 Å². The lowest BCUT2D eigenvalue weighted by molar-refractivity contribution is 0.267. The lowest BCUT2D eigenvalue weighted by atomic mass is 10.1. The molecule has 0 radical (unpaired) electrons. The molecule has 0 unspecified atom stereocenters. The fraction of sp³-hybridized carbons (Fsp3) is 0.643. The highest BCUT2D eigenvalue weighted by molar-refractivity contribution is 5.33. The third kappa shape index (κ3) is 3.60. The van der Waals surface area contributed by atoms with Gasteiger partial charge >= 0.3 is 0 Å². The summed E-state index contributed by atoms with van der Waals surface area (Å²) in [5, 5.41) is 0. The van der Waals surface area contributed by atoms with E-state index in [9.17, 15) is 4.79 Å². The van der Waals surface area contributed by atoms with Gasteiger partial charge in [-0.25, -0.2) is 0 Å². The lowest BCUT2D eigenvalue weighted by Gasteiger charge is -2.21. The topological polar surface area (TPSA) is 51.3 Å². The van der Waals surface area contributed by atoms with Crippen molar-refractivity contribution in [1.29, 1.82) is 0 Å². The molecule has 4 nitrogen and oxygen atoms in total. The molecule has 0 atom stereocenters. The first kappa shape index (κ1) is 13.1. The second kappa shape index (κ2) is 6.05. The maximum Gasteiger partial charge on any atom is 0.250 e. The molecule has 1 fully saturated rings. The van der Waals surface area contributed by atoms with Gasteiger partial charge < -0.3 is 15.2 Å². The molecular formula is C14H23N3O. The molecule has 0 saturated heterocycles. The number of likely N-dealkylation sites (N-methyl/N-ethyl adjacent to an activating group) is 1. The van der Waals surface area contributed by atoms with Crippen LogP contribution in [0, 0.1) is 5.92 Å². The van der Waals surface area contributed by atoms with Gasteiger partial charge in [-0.1, -0.05) is 12.8 Å². The fourth-order valence-electron chi connectivity index (χ4n) is 2.73. The van der Waals surface area contributed by atoms with Crippen molar-refractivity contribution >= 4 is 5.69 Å². The third-order valence-corrected chi connectivity index (χ3v) is 3.77. The first-order valence-corrected chi connectivity index (χ1v) is 6.79. The molecule has 1 aliphatic rings. The molecule has 0 aromatic carbocycles. The van der Waals surface area contributed by atoms with Crippen LogP contribution in [-0.4, -0.2) is 29.6 Å². The number of hydrogen-bond acceptors (Lipinski definition) is 3. The molecule has 18 heavy (non-hydrogen) atoms. The Bertz CT molecular complexity index is 435. The highest BCUT2D eigenvalue weighted by Crippen LogP contribution is 2.24. The Hall–Kier alpha value is -1.29. The number of nitrogens with zero attached hydrogens (tertiary/aromatic N) is 2. The summed E-state index contributed by atoms with van der Waals surface area (Å²) in [6.07, 6.45) is 7.22. The minimum Gasteiger partial charge on any atom is -0.398 e. The van der Waals surface area contributed by atoms with Crippen molar-refractivity contribution in [1.82, 2.24) is 9.47 Å². The molecule has 0 aliphatic heterocycles. The van der Waals surface area contributed by atoms with Gasteiger partial charge in [-0.2, -0.15) is 0 Å². The van der Waals surface area contributed by atoms with Crippen molar-refractivity contribution < 1.29 is 0 Å². The predicted molar refractivity (Wildman–Crippen MR) is 74.6 cm³/mol. The number of hydrogen-bond donors (Lipinski definition) is 1. The standard InChI is InChI=1S/C14H23N3O/c1-16(10-12-4-2-3-5-12)8-9-17-11-13(15)6-7-14(17)18/h6-7,11-12H,2-5,8-10,15H2,1H3. The highest BCUT2D eigenvalue weighted by Gasteiger charge is 2.16. The molecule has 4 heteroatoms. The van der Waals surface area contributed by atoms with Gasteiger partial charge in [-0.05, 0) is 31.9 Å². The van der Waals surface area contributed by atoms with Crippen molar-refractivity contribution in [2.24, 2.45) is 5.92 Å². The van der Waals surface area contributed by atoms with Gasteiger partial charge in [0.25, 0.3) is 5.56 Å². The first-order chi connectivity index (χ1) is 8.65. The van der Waals surface area contributed by atoms with E-state index in [0.29, 0.717) is 12.2 Å². The third-order valence-electron chi connectivity index (χ3n) is 3.77. The molecule has 2 rings (SSSR count). The van der Waals surface area contributed by atoms with E-state index in [1.54, 1.807) is 16.8 Å². The Morgan fingerprint density at radius 1 is 1.39 bits per heavy atom. The molecule has 0 bridgehead atoms. The first-order valence-electron chi connectivity index (χ1n) is 6.79. The van der Waals surface area contributed by atoms with E-state index >= 15 is 0 Å². The van der Waals surface area contributed by atoms with E-state index in [4.69, 9.17) is 5.73 Å². The molecule has 1 saturated carbocycles. The summed E-state index contributed by atoms with van der Waals surface area (Å²) in [5.74, 6) is 0.854. The number of nitrogens with two attached hydrogens (primary N) is 1. The number of nitrogen functional groups attached to an aromatic ring is 1. The Morgan fingerprint density at radius 2 is 2.11 bits per heavy atom. The summed E-state index contributed by atoms with van der Waals surface area (Å²) in [5.41, 5.74) is 6.37. The SMILES string of the molecule is CN(CCn1cc(N)ccc1=O)CC1CCCC1.